The molecule has 2 nitrogen and oxygen atoms in total. The zero-order valence-electron chi connectivity index (χ0n) is 9.26. The van der Waals surface area contributed by atoms with Crippen molar-refractivity contribution in [2.45, 2.75) is 62.8 Å². The zero-order chi connectivity index (χ0) is 11.8. The molecule has 0 aliphatic heterocycles. The van der Waals surface area contributed by atoms with Crippen LogP contribution in [-0.4, -0.2) is 24.3 Å². The summed E-state index contributed by atoms with van der Waals surface area (Å²) in [7, 11) is 0. The molecule has 2 saturated carbocycles. The van der Waals surface area contributed by atoms with E-state index in [0.29, 0.717) is 12.8 Å². The van der Waals surface area contributed by atoms with Crippen molar-refractivity contribution in [2.24, 2.45) is 11.7 Å². The van der Waals surface area contributed by atoms with Crippen LogP contribution in [0.5, 0.6) is 0 Å². The van der Waals surface area contributed by atoms with Gasteiger partial charge in [0.1, 0.15) is 0 Å². The van der Waals surface area contributed by atoms with Gasteiger partial charge in [0, 0.05) is 18.1 Å². The second-order valence-corrected chi connectivity index (χ2v) is 5.13. The number of rotatable bonds is 2. The van der Waals surface area contributed by atoms with Crippen molar-refractivity contribution in [1.82, 2.24) is 5.32 Å². The molecule has 2 aliphatic rings. The average molecular weight is 236 g/mol. The lowest BCUT2D eigenvalue weighted by molar-refractivity contribution is -0.190. The SMILES string of the molecule is NC1CC(NC2CCCCC2C(F)(F)F)C1. The summed E-state index contributed by atoms with van der Waals surface area (Å²) in [6.45, 7) is 0. The van der Waals surface area contributed by atoms with Gasteiger partial charge in [-0.2, -0.15) is 13.2 Å². The fourth-order valence-corrected chi connectivity index (χ4v) is 2.82. The molecule has 0 saturated heterocycles. The van der Waals surface area contributed by atoms with Gasteiger partial charge in [-0.1, -0.05) is 12.8 Å². The minimum atomic E-state index is -4.05. The first kappa shape index (κ1) is 12.2. The molecule has 2 rings (SSSR count). The van der Waals surface area contributed by atoms with Gasteiger partial charge < -0.3 is 11.1 Å². The van der Waals surface area contributed by atoms with E-state index < -0.39 is 12.1 Å². The minimum Gasteiger partial charge on any atom is -0.328 e. The van der Waals surface area contributed by atoms with Crippen LogP contribution in [0.1, 0.15) is 38.5 Å². The molecule has 5 heteroatoms. The number of nitrogens with two attached hydrogens (primary N) is 1. The highest BCUT2D eigenvalue weighted by atomic mass is 19.4. The third kappa shape index (κ3) is 2.69. The Bertz CT molecular complexity index is 236. The Hall–Kier alpha value is -0.290. The maximum Gasteiger partial charge on any atom is 0.393 e. The summed E-state index contributed by atoms with van der Waals surface area (Å²) >= 11 is 0. The molecule has 94 valence electrons. The van der Waals surface area contributed by atoms with Crippen molar-refractivity contribution >= 4 is 0 Å². The summed E-state index contributed by atoms with van der Waals surface area (Å²) in [5, 5.41) is 3.14. The van der Waals surface area contributed by atoms with Gasteiger partial charge in [-0.25, -0.2) is 0 Å². The van der Waals surface area contributed by atoms with Crippen LogP contribution in [-0.2, 0) is 0 Å². The van der Waals surface area contributed by atoms with Gasteiger partial charge in [-0.05, 0) is 25.7 Å². The smallest absolute Gasteiger partial charge is 0.328 e. The summed E-state index contributed by atoms with van der Waals surface area (Å²) in [5.41, 5.74) is 5.63. The molecule has 0 radical (unpaired) electrons. The molecule has 0 amide bonds. The molecule has 0 aromatic rings. The highest BCUT2D eigenvalue weighted by molar-refractivity contribution is 4.93. The molecule has 2 aliphatic carbocycles. The lowest BCUT2D eigenvalue weighted by atomic mass is 9.80. The average Bonchev–Trinajstić information content (AvgIpc) is 2.14. The lowest BCUT2D eigenvalue weighted by Crippen LogP contribution is -2.55. The Morgan fingerprint density at radius 1 is 1.06 bits per heavy atom. The zero-order valence-corrected chi connectivity index (χ0v) is 9.26. The largest absolute Gasteiger partial charge is 0.393 e. The van der Waals surface area contributed by atoms with E-state index in [0.717, 1.165) is 19.3 Å². The molecule has 3 N–H and O–H groups in total. The number of hydrogen-bond acceptors (Lipinski definition) is 2. The highest BCUT2D eigenvalue weighted by Gasteiger charge is 2.46. The molecular weight excluding hydrogens is 217 g/mol. The first-order chi connectivity index (χ1) is 7.47. The predicted octanol–water partition coefficient (Wildman–Crippen LogP) is 2.19. The van der Waals surface area contributed by atoms with Gasteiger partial charge in [0.15, 0.2) is 0 Å². The number of alkyl halides is 3. The molecule has 0 heterocycles. The van der Waals surface area contributed by atoms with Crippen molar-refractivity contribution in [1.29, 1.82) is 0 Å². The summed E-state index contributed by atoms with van der Waals surface area (Å²) in [5.74, 6) is -1.15. The maximum atomic E-state index is 12.8. The predicted molar refractivity (Wildman–Crippen MR) is 55.9 cm³/mol. The Labute approximate surface area is 93.8 Å². The first-order valence-corrected chi connectivity index (χ1v) is 6.05. The second kappa shape index (κ2) is 4.53. The number of hydrogen-bond donors (Lipinski definition) is 2. The number of nitrogens with one attached hydrogen (secondary N) is 1. The van der Waals surface area contributed by atoms with Crippen LogP contribution >= 0.6 is 0 Å². The van der Waals surface area contributed by atoms with E-state index in [4.69, 9.17) is 5.73 Å². The third-order valence-electron chi connectivity index (χ3n) is 3.81. The summed E-state index contributed by atoms with van der Waals surface area (Å²) in [6.07, 6.45) is 0.123. The van der Waals surface area contributed by atoms with E-state index in [1.165, 1.54) is 0 Å². The van der Waals surface area contributed by atoms with E-state index in [2.05, 4.69) is 5.32 Å². The van der Waals surface area contributed by atoms with E-state index in [1.807, 2.05) is 0 Å². The maximum absolute atomic E-state index is 12.8. The van der Waals surface area contributed by atoms with E-state index in [9.17, 15) is 13.2 Å². The Morgan fingerprint density at radius 2 is 1.69 bits per heavy atom. The fraction of sp³-hybridized carbons (Fsp3) is 1.00. The van der Waals surface area contributed by atoms with Crippen molar-refractivity contribution in [3.05, 3.63) is 0 Å². The Kier molecular flexibility index (Phi) is 3.45. The van der Waals surface area contributed by atoms with E-state index >= 15 is 0 Å². The monoisotopic (exact) mass is 236 g/mol. The van der Waals surface area contributed by atoms with Crippen molar-refractivity contribution in [3.8, 4) is 0 Å². The topological polar surface area (TPSA) is 38.0 Å². The molecule has 16 heavy (non-hydrogen) atoms. The highest BCUT2D eigenvalue weighted by Crippen LogP contribution is 2.38. The summed E-state index contributed by atoms with van der Waals surface area (Å²) < 4.78 is 38.3. The van der Waals surface area contributed by atoms with Crippen LogP contribution in [0.25, 0.3) is 0 Å². The van der Waals surface area contributed by atoms with Gasteiger partial charge in [0.05, 0.1) is 5.92 Å². The third-order valence-corrected chi connectivity index (χ3v) is 3.81. The van der Waals surface area contributed by atoms with Crippen molar-refractivity contribution < 1.29 is 13.2 Å². The molecule has 2 atom stereocenters. The van der Waals surface area contributed by atoms with Gasteiger partial charge >= 0.3 is 6.18 Å². The first-order valence-electron chi connectivity index (χ1n) is 6.05. The molecule has 2 fully saturated rings. The van der Waals surface area contributed by atoms with Crippen molar-refractivity contribution in [3.63, 3.8) is 0 Å². The molecule has 0 aromatic carbocycles. The number of halogens is 3. The molecule has 0 spiro atoms. The fourth-order valence-electron chi connectivity index (χ4n) is 2.82. The quantitative estimate of drug-likeness (QED) is 0.771. The summed E-state index contributed by atoms with van der Waals surface area (Å²) in [6, 6.07) is 0.0135. The Balaban J connectivity index is 1.89. The second-order valence-electron chi connectivity index (χ2n) is 5.13. The van der Waals surface area contributed by atoms with E-state index in [1.54, 1.807) is 0 Å². The lowest BCUT2D eigenvalue weighted by Gasteiger charge is -2.41. The minimum absolute atomic E-state index is 0.186. The van der Waals surface area contributed by atoms with E-state index in [-0.39, 0.29) is 24.5 Å². The van der Waals surface area contributed by atoms with Gasteiger partial charge in [-0.15, -0.1) is 0 Å². The Morgan fingerprint density at radius 3 is 2.25 bits per heavy atom. The van der Waals surface area contributed by atoms with Crippen LogP contribution in [0.3, 0.4) is 0 Å². The van der Waals surface area contributed by atoms with Crippen LogP contribution in [0.15, 0.2) is 0 Å². The van der Waals surface area contributed by atoms with Crippen LogP contribution in [0.2, 0.25) is 0 Å². The molecule has 2 unspecified atom stereocenters. The standard InChI is InChI=1S/C11H19F3N2/c12-11(13,14)9-3-1-2-4-10(9)16-8-5-7(15)6-8/h7-10,16H,1-6,15H2. The molecular formula is C11H19F3N2. The van der Waals surface area contributed by atoms with Crippen LogP contribution in [0, 0.1) is 5.92 Å². The van der Waals surface area contributed by atoms with Crippen molar-refractivity contribution in [2.75, 3.05) is 0 Å². The normalized spacial score (nSPS) is 40.5. The van der Waals surface area contributed by atoms with Gasteiger partial charge in [0.2, 0.25) is 0 Å². The van der Waals surface area contributed by atoms with Crippen LogP contribution < -0.4 is 11.1 Å². The van der Waals surface area contributed by atoms with Gasteiger partial charge in [0.25, 0.3) is 0 Å². The summed E-state index contributed by atoms with van der Waals surface area (Å²) in [4.78, 5) is 0. The van der Waals surface area contributed by atoms with Crippen LogP contribution in [0.4, 0.5) is 13.2 Å². The van der Waals surface area contributed by atoms with Gasteiger partial charge in [-0.3, -0.25) is 0 Å². The molecule has 0 aromatic heterocycles. The molecule has 0 bridgehead atoms.